The van der Waals surface area contributed by atoms with Crippen LogP contribution in [0.2, 0.25) is 0 Å². The SMILES string of the molecule is CC.CF.Cc1ccc(Nc2c(C(=O)N3CCC3CNCCO)ccc(F)c2F)cc1. The number of anilines is 2. The van der Waals surface area contributed by atoms with Gasteiger partial charge < -0.3 is 20.6 Å². The number of rotatable bonds is 7. The van der Waals surface area contributed by atoms with Crippen molar-refractivity contribution in [1.29, 1.82) is 0 Å². The van der Waals surface area contributed by atoms with Gasteiger partial charge in [-0.2, -0.15) is 0 Å². The molecule has 0 aliphatic carbocycles. The topological polar surface area (TPSA) is 64.6 Å². The lowest BCUT2D eigenvalue weighted by atomic mass is 10.00. The second-order valence-electron chi connectivity index (χ2n) is 6.64. The van der Waals surface area contributed by atoms with Crippen LogP contribution in [0, 0.1) is 18.6 Å². The summed E-state index contributed by atoms with van der Waals surface area (Å²) in [5, 5.41) is 14.8. The third-order valence-electron chi connectivity index (χ3n) is 4.72. The molecule has 1 aliphatic heterocycles. The van der Waals surface area contributed by atoms with Crippen LogP contribution in [0.25, 0.3) is 0 Å². The number of halogens is 3. The van der Waals surface area contributed by atoms with E-state index >= 15 is 0 Å². The number of benzene rings is 2. The third kappa shape index (κ3) is 6.97. The number of carbonyl (C=O) groups excluding carboxylic acids is 1. The van der Waals surface area contributed by atoms with Crippen LogP contribution in [-0.4, -0.2) is 55.4 Å². The van der Waals surface area contributed by atoms with Crippen LogP contribution in [-0.2, 0) is 0 Å². The van der Waals surface area contributed by atoms with Gasteiger partial charge in [-0.25, -0.2) is 8.78 Å². The number of amides is 1. The Labute approximate surface area is 182 Å². The molecule has 0 aromatic heterocycles. The number of nitrogens with one attached hydrogen (secondary N) is 2. The molecule has 1 amide bonds. The third-order valence-corrected chi connectivity index (χ3v) is 4.72. The fourth-order valence-electron chi connectivity index (χ4n) is 3.06. The molecule has 1 fully saturated rings. The van der Waals surface area contributed by atoms with E-state index < -0.39 is 11.6 Å². The minimum absolute atomic E-state index is 0.0223. The van der Waals surface area contributed by atoms with Gasteiger partial charge in [0.2, 0.25) is 0 Å². The van der Waals surface area contributed by atoms with E-state index in [1.54, 1.807) is 17.0 Å². The average Bonchev–Trinajstić information content (AvgIpc) is 2.78. The summed E-state index contributed by atoms with van der Waals surface area (Å²) < 4.78 is 37.8. The van der Waals surface area contributed by atoms with Gasteiger partial charge in [-0.1, -0.05) is 31.5 Å². The van der Waals surface area contributed by atoms with Gasteiger partial charge in [0, 0.05) is 31.4 Å². The number of hydrogen-bond donors (Lipinski definition) is 3. The summed E-state index contributed by atoms with van der Waals surface area (Å²) in [5.74, 6) is -2.42. The Hall–Kier alpha value is -2.58. The number of carbonyl (C=O) groups is 1. The highest BCUT2D eigenvalue weighted by Gasteiger charge is 2.34. The van der Waals surface area contributed by atoms with Crippen molar-refractivity contribution in [1.82, 2.24) is 10.2 Å². The van der Waals surface area contributed by atoms with Crippen LogP contribution < -0.4 is 10.6 Å². The quantitative estimate of drug-likeness (QED) is 0.559. The maximum Gasteiger partial charge on any atom is 0.256 e. The van der Waals surface area contributed by atoms with Gasteiger partial charge in [-0.3, -0.25) is 9.18 Å². The van der Waals surface area contributed by atoms with Crippen LogP contribution in [0.15, 0.2) is 36.4 Å². The Kier molecular flexibility index (Phi) is 11.7. The van der Waals surface area contributed by atoms with E-state index in [-0.39, 0.29) is 29.8 Å². The Morgan fingerprint density at radius 1 is 1.13 bits per heavy atom. The molecule has 172 valence electrons. The van der Waals surface area contributed by atoms with Crippen LogP contribution in [0.1, 0.15) is 36.2 Å². The molecule has 0 spiro atoms. The van der Waals surface area contributed by atoms with Gasteiger partial charge >= 0.3 is 0 Å². The van der Waals surface area contributed by atoms with Crippen LogP contribution in [0.4, 0.5) is 24.5 Å². The first-order valence-electron chi connectivity index (χ1n) is 10.3. The van der Waals surface area contributed by atoms with E-state index in [4.69, 9.17) is 5.11 Å². The van der Waals surface area contributed by atoms with E-state index in [0.29, 0.717) is 32.5 Å². The number of aliphatic hydroxyl groups excluding tert-OH is 1. The maximum atomic E-state index is 14.5. The molecule has 2 aromatic carbocycles. The minimum atomic E-state index is -1.07. The molecule has 3 N–H and O–H groups in total. The summed E-state index contributed by atoms with van der Waals surface area (Å²) in [6.45, 7) is 7.51. The smallest absolute Gasteiger partial charge is 0.256 e. The Morgan fingerprint density at radius 2 is 1.77 bits per heavy atom. The molecule has 2 aromatic rings. The van der Waals surface area contributed by atoms with Gasteiger partial charge in [0.05, 0.1) is 25.0 Å². The standard InChI is InChI=1S/C20H23F2N3O2.C2H6.CH3F/c1-13-2-4-14(5-3-13)24-19-16(6-7-17(21)18(19)22)20(27)25-10-8-15(25)12-23-9-11-26;2*1-2/h2-7,15,23-24,26H,8-12H2,1H3;1-2H3;1H3. The van der Waals surface area contributed by atoms with Crippen molar-refractivity contribution in [3.05, 3.63) is 59.2 Å². The Morgan fingerprint density at radius 3 is 2.32 bits per heavy atom. The maximum absolute atomic E-state index is 14.5. The van der Waals surface area contributed by atoms with Gasteiger partial charge in [-0.15, -0.1) is 0 Å². The molecule has 1 unspecified atom stereocenters. The van der Waals surface area contributed by atoms with Crippen molar-refractivity contribution in [3.8, 4) is 0 Å². The first-order valence-corrected chi connectivity index (χ1v) is 10.3. The molecule has 31 heavy (non-hydrogen) atoms. The summed E-state index contributed by atoms with van der Waals surface area (Å²) in [5.41, 5.74) is 1.55. The highest BCUT2D eigenvalue weighted by molar-refractivity contribution is 6.01. The molecular weight excluding hydrogens is 407 g/mol. The van der Waals surface area contributed by atoms with Gasteiger partial charge in [-0.05, 0) is 37.6 Å². The zero-order valence-corrected chi connectivity index (χ0v) is 18.5. The Balaban J connectivity index is 0.00000113. The minimum Gasteiger partial charge on any atom is -0.395 e. The van der Waals surface area contributed by atoms with E-state index in [9.17, 15) is 18.0 Å². The van der Waals surface area contributed by atoms with Crippen molar-refractivity contribution < 1.29 is 23.1 Å². The summed E-state index contributed by atoms with van der Waals surface area (Å²) in [7, 11) is 0.500. The first kappa shape index (κ1) is 26.5. The zero-order valence-electron chi connectivity index (χ0n) is 18.5. The summed E-state index contributed by atoms with van der Waals surface area (Å²) >= 11 is 0. The summed E-state index contributed by atoms with van der Waals surface area (Å²) in [6, 6.07) is 9.45. The normalized spacial score (nSPS) is 14.5. The lowest BCUT2D eigenvalue weighted by Gasteiger charge is -2.41. The number of aliphatic hydroxyl groups is 1. The molecule has 3 rings (SSSR count). The van der Waals surface area contributed by atoms with Crippen molar-refractivity contribution in [2.45, 2.75) is 33.2 Å². The number of hydrogen-bond acceptors (Lipinski definition) is 4. The van der Waals surface area contributed by atoms with E-state index in [1.165, 1.54) is 6.07 Å². The van der Waals surface area contributed by atoms with Crippen molar-refractivity contribution >= 4 is 17.3 Å². The lowest BCUT2D eigenvalue weighted by Crippen LogP contribution is -2.55. The van der Waals surface area contributed by atoms with Gasteiger partial charge in [0.1, 0.15) is 0 Å². The second-order valence-corrected chi connectivity index (χ2v) is 6.64. The number of aryl methyl sites for hydroxylation is 1. The number of nitrogens with zero attached hydrogens (tertiary/aromatic N) is 1. The van der Waals surface area contributed by atoms with Gasteiger partial charge in [0.15, 0.2) is 11.6 Å². The molecule has 0 bridgehead atoms. The van der Waals surface area contributed by atoms with Crippen LogP contribution >= 0.6 is 0 Å². The molecular formula is C23H32F3N3O2. The van der Waals surface area contributed by atoms with E-state index in [0.717, 1.165) is 18.1 Å². The average molecular weight is 440 g/mol. The summed E-state index contributed by atoms with van der Waals surface area (Å²) in [4.78, 5) is 14.6. The lowest BCUT2D eigenvalue weighted by molar-refractivity contribution is 0.0462. The van der Waals surface area contributed by atoms with E-state index in [1.807, 2.05) is 32.9 Å². The van der Waals surface area contributed by atoms with Gasteiger partial charge in [0.25, 0.3) is 5.91 Å². The van der Waals surface area contributed by atoms with Crippen molar-refractivity contribution in [2.24, 2.45) is 0 Å². The monoisotopic (exact) mass is 439 g/mol. The van der Waals surface area contributed by atoms with Crippen LogP contribution in [0.3, 0.4) is 0 Å². The molecule has 1 saturated heterocycles. The first-order chi connectivity index (χ1) is 15.0. The molecule has 0 radical (unpaired) electrons. The zero-order chi connectivity index (χ0) is 23.4. The fraction of sp³-hybridized carbons (Fsp3) is 0.435. The molecule has 5 nitrogen and oxygen atoms in total. The molecule has 1 atom stereocenters. The highest BCUT2D eigenvalue weighted by Crippen LogP contribution is 2.30. The molecule has 0 saturated carbocycles. The van der Waals surface area contributed by atoms with E-state index in [2.05, 4.69) is 10.6 Å². The number of alkyl halides is 1. The fourth-order valence-corrected chi connectivity index (χ4v) is 3.06. The van der Waals surface area contributed by atoms with Crippen molar-refractivity contribution in [2.75, 3.05) is 38.7 Å². The number of likely N-dealkylation sites (tertiary alicyclic amines) is 1. The second kappa shape index (κ2) is 13.7. The highest BCUT2D eigenvalue weighted by atomic mass is 19.2. The molecule has 1 heterocycles. The molecule has 1 aliphatic rings. The van der Waals surface area contributed by atoms with Crippen LogP contribution in [0.5, 0.6) is 0 Å². The predicted molar refractivity (Wildman–Crippen MR) is 119 cm³/mol. The summed E-state index contributed by atoms with van der Waals surface area (Å²) in [6.07, 6.45) is 0.828. The Bertz CT molecular complexity index is 816. The molecule has 8 heteroatoms. The van der Waals surface area contributed by atoms with Crippen molar-refractivity contribution in [3.63, 3.8) is 0 Å². The largest absolute Gasteiger partial charge is 0.395 e. The predicted octanol–water partition coefficient (Wildman–Crippen LogP) is 4.43.